The number of non-ortho nitro benzene ring substituents is 1. The molecule has 0 aliphatic carbocycles. The Morgan fingerprint density at radius 3 is 2.52 bits per heavy atom. The maximum Gasteiger partial charge on any atom is 0.269 e. The van der Waals surface area contributed by atoms with E-state index in [0.717, 1.165) is 5.69 Å². The van der Waals surface area contributed by atoms with Gasteiger partial charge in [-0.05, 0) is 44.8 Å². The number of nitro groups is 1. The monoisotopic (exact) mass is 422 g/mol. The number of nitrogens with one attached hydrogen (secondary N) is 2. The Morgan fingerprint density at radius 2 is 1.93 bits per heavy atom. The van der Waals surface area contributed by atoms with E-state index in [4.69, 9.17) is 11.6 Å². The number of benzene rings is 2. The summed E-state index contributed by atoms with van der Waals surface area (Å²) in [6.45, 7) is 0.781. The maximum absolute atomic E-state index is 14.2. The maximum atomic E-state index is 14.2. The summed E-state index contributed by atoms with van der Waals surface area (Å²) in [4.78, 5) is 24.1. The van der Waals surface area contributed by atoms with Crippen molar-refractivity contribution in [1.29, 1.82) is 0 Å². The van der Waals surface area contributed by atoms with Crippen LogP contribution >= 0.6 is 11.6 Å². The van der Waals surface area contributed by atoms with Crippen LogP contribution in [0.15, 0.2) is 42.5 Å². The van der Waals surface area contributed by atoms with Gasteiger partial charge in [-0.25, -0.2) is 4.39 Å². The van der Waals surface area contributed by atoms with Crippen LogP contribution in [0.1, 0.15) is 24.4 Å². The Balaban J connectivity index is 1.79. The molecule has 0 bridgehead atoms. The minimum absolute atomic E-state index is 0.0281. The fourth-order valence-electron chi connectivity index (χ4n) is 2.85. The van der Waals surface area contributed by atoms with E-state index in [1.165, 1.54) is 18.2 Å². The second-order valence-corrected chi connectivity index (χ2v) is 7.16. The smallest absolute Gasteiger partial charge is 0.269 e. The summed E-state index contributed by atoms with van der Waals surface area (Å²) in [7, 11) is 3.60. The highest BCUT2D eigenvalue weighted by Crippen LogP contribution is 2.28. The van der Waals surface area contributed by atoms with Gasteiger partial charge in [0.2, 0.25) is 5.91 Å². The van der Waals surface area contributed by atoms with Gasteiger partial charge in [-0.15, -0.1) is 0 Å². The molecule has 1 amide bonds. The minimum atomic E-state index is -0.455. The molecular formula is C20H24ClFN4O3. The molecule has 9 heteroatoms. The first-order valence-corrected chi connectivity index (χ1v) is 9.52. The van der Waals surface area contributed by atoms with Gasteiger partial charge < -0.3 is 15.5 Å². The highest BCUT2D eigenvalue weighted by molar-refractivity contribution is 6.31. The molecule has 0 saturated heterocycles. The summed E-state index contributed by atoms with van der Waals surface area (Å²) in [5, 5.41) is 16.9. The Labute approximate surface area is 174 Å². The molecule has 2 aromatic carbocycles. The number of carbonyl (C=O) groups is 1. The number of nitrogens with zero attached hydrogens (tertiary/aromatic N) is 2. The van der Waals surface area contributed by atoms with Gasteiger partial charge in [-0.2, -0.15) is 0 Å². The highest BCUT2D eigenvalue weighted by Gasteiger charge is 2.21. The largest absolute Gasteiger partial charge is 0.385 e. The first-order valence-electron chi connectivity index (χ1n) is 9.15. The molecule has 1 atom stereocenters. The average molecular weight is 423 g/mol. The Kier molecular flexibility index (Phi) is 8.35. The molecule has 29 heavy (non-hydrogen) atoms. The van der Waals surface area contributed by atoms with Crippen LogP contribution in [0.25, 0.3) is 0 Å². The van der Waals surface area contributed by atoms with Gasteiger partial charge in [0.25, 0.3) is 5.69 Å². The van der Waals surface area contributed by atoms with Gasteiger partial charge in [-0.1, -0.05) is 17.7 Å². The molecule has 2 N–H and O–H groups in total. The summed E-state index contributed by atoms with van der Waals surface area (Å²) in [6, 6.07) is 10.2. The van der Waals surface area contributed by atoms with Crippen LogP contribution in [0.2, 0.25) is 5.02 Å². The number of hydrogen-bond donors (Lipinski definition) is 2. The zero-order valence-corrected chi connectivity index (χ0v) is 17.1. The Bertz CT molecular complexity index is 826. The van der Waals surface area contributed by atoms with Crippen molar-refractivity contribution in [2.24, 2.45) is 0 Å². The topological polar surface area (TPSA) is 87.5 Å². The molecule has 0 radical (unpaired) electrons. The van der Waals surface area contributed by atoms with Crippen LogP contribution < -0.4 is 10.6 Å². The number of halogens is 2. The van der Waals surface area contributed by atoms with Gasteiger partial charge in [-0.3, -0.25) is 14.9 Å². The van der Waals surface area contributed by atoms with Crippen molar-refractivity contribution < 1.29 is 14.1 Å². The fraction of sp³-hybridized carbons (Fsp3) is 0.350. The lowest BCUT2D eigenvalue weighted by Gasteiger charge is -2.26. The van der Waals surface area contributed by atoms with Crippen molar-refractivity contribution in [1.82, 2.24) is 10.2 Å². The zero-order chi connectivity index (χ0) is 21.4. The van der Waals surface area contributed by atoms with E-state index in [2.05, 4.69) is 10.6 Å². The van der Waals surface area contributed by atoms with Crippen LogP contribution in [0, 0.1) is 15.9 Å². The van der Waals surface area contributed by atoms with E-state index in [0.29, 0.717) is 30.0 Å². The van der Waals surface area contributed by atoms with Crippen molar-refractivity contribution in [2.45, 2.75) is 18.9 Å². The summed E-state index contributed by atoms with van der Waals surface area (Å²) in [5.41, 5.74) is 1.14. The van der Waals surface area contributed by atoms with Gasteiger partial charge in [0.15, 0.2) is 0 Å². The molecule has 0 aromatic heterocycles. The molecule has 0 aliphatic heterocycles. The van der Waals surface area contributed by atoms with E-state index in [1.807, 2.05) is 0 Å². The molecule has 0 heterocycles. The third-order valence-electron chi connectivity index (χ3n) is 4.44. The second kappa shape index (κ2) is 10.7. The van der Waals surface area contributed by atoms with E-state index in [-0.39, 0.29) is 24.2 Å². The normalized spacial score (nSPS) is 11.9. The Hall–Kier alpha value is -2.71. The van der Waals surface area contributed by atoms with E-state index >= 15 is 0 Å². The van der Waals surface area contributed by atoms with Crippen molar-refractivity contribution in [3.05, 3.63) is 69.0 Å². The first kappa shape index (κ1) is 22.6. The molecule has 0 saturated carbocycles. The van der Waals surface area contributed by atoms with E-state index < -0.39 is 10.7 Å². The molecule has 1 unspecified atom stereocenters. The van der Waals surface area contributed by atoms with Crippen LogP contribution in [0.5, 0.6) is 0 Å². The van der Waals surface area contributed by atoms with Crippen LogP contribution in [-0.2, 0) is 4.79 Å². The quantitative estimate of drug-likeness (QED) is 0.343. The van der Waals surface area contributed by atoms with Crippen LogP contribution in [0.4, 0.5) is 15.8 Å². The van der Waals surface area contributed by atoms with Gasteiger partial charge >= 0.3 is 0 Å². The molecule has 0 aliphatic rings. The summed E-state index contributed by atoms with van der Waals surface area (Å²) in [6.07, 6.45) is 0.876. The summed E-state index contributed by atoms with van der Waals surface area (Å²) >= 11 is 6.15. The molecular weight excluding hydrogens is 399 g/mol. The second-order valence-electron chi connectivity index (χ2n) is 6.75. The lowest BCUT2D eigenvalue weighted by molar-refractivity contribution is -0.384. The van der Waals surface area contributed by atoms with Crippen LogP contribution in [-0.4, -0.2) is 42.9 Å². The summed E-state index contributed by atoms with van der Waals surface area (Å²) < 4.78 is 14.2. The first-order chi connectivity index (χ1) is 13.8. The van der Waals surface area contributed by atoms with E-state index in [9.17, 15) is 19.3 Å². The number of carbonyl (C=O) groups excluding carboxylic acids is 1. The van der Waals surface area contributed by atoms with Crippen LogP contribution in [0.3, 0.4) is 0 Å². The van der Waals surface area contributed by atoms with Crippen molar-refractivity contribution in [2.75, 3.05) is 32.5 Å². The average Bonchev–Trinajstić information content (AvgIpc) is 2.67. The standard InChI is InChI=1S/C20H24ClFN4O3/c1-25(2)18(20-16(21)5-3-6-17(20)22)13-24-19(27)7-4-12-23-14-8-10-15(11-9-14)26(28)29/h3,5-6,8-11,18,23H,4,7,12-13H2,1-2H3,(H,24,27). The fourth-order valence-corrected chi connectivity index (χ4v) is 3.14. The molecule has 7 nitrogen and oxygen atoms in total. The van der Waals surface area contributed by atoms with Gasteiger partial charge in [0.1, 0.15) is 5.82 Å². The molecule has 0 spiro atoms. The lowest BCUT2D eigenvalue weighted by Crippen LogP contribution is -2.35. The number of rotatable bonds is 10. The predicted octanol–water partition coefficient (Wildman–Crippen LogP) is 4.00. The molecule has 2 rings (SSSR count). The minimum Gasteiger partial charge on any atom is -0.385 e. The molecule has 0 fully saturated rings. The summed E-state index contributed by atoms with van der Waals surface area (Å²) in [5.74, 6) is -0.549. The Morgan fingerprint density at radius 1 is 1.24 bits per heavy atom. The highest BCUT2D eigenvalue weighted by atomic mass is 35.5. The van der Waals surface area contributed by atoms with Gasteiger partial charge in [0, 0.05) is 47.9 Å². The third kappa shape index (κ3) is 6.69. The molecule has 2 aromatic rings. The third-order valence-corrected chi connectivity index (χ3v) is 4.77. The van der Waals surface area contributed by atoms with E-state index in [1.54, 1.807) is 43.3 Å². The predicted molar refractivity (Wildman–Crippen MR) is 112 cm³/mol. The molecule has 156 valence electrons. The van der Waals surface area contributed by atoms with Crippen molar-refractivity contribution >= 4 is 28.9 Å². The number of amides is 1. The SMILES string of the molecule is CN(C)C(CNC(=O)CCCNc1ccc([N+](=O)[O-])cc1)c1c(F)cccc1Cl. The number of nitro benzene ring substituents is 1. The van der Waals surface area contributed by atoms with Gasteiger partial charge in [0.05, 0.1) is 11.0 Å². The van der Waals surface area contributed by atoms with Crippen molar-refractivity contribution in [3.63, 3.8) is 0 Å². The number of hydrogen-bond acceptors (Lipinski definition) is 5. The zero-order valence-electron chi connectivity index (χ0n) is 16.3. The number of anilines is 1. The van der Waals surface area contributed by atoms with Crippen molar-refractivity contribution in [3.8, 4) is 0 Å². The lowest BCUT2D eigenvalue weighted by atomic mass is 10.0. The number of likely N-dealkylation sites (N-methyl/N-ethyl adjacent to an activating group) is 1.